The fraction of sp³-hybridized carbons (Fsp3) is 0.432. The number of carbonyl (C=O) groups is 4. The third kappa shape index (κ3) is 7.83. The van der Waals surface area contributed by atoms with E-state index < -0.39 is 74.3 Å². The Labute approximate surface area is 302 Å². The SMILES string of the molecule is C=C[C@H]1C[C@@]1(NC(=O)[C@H]1C[C@@H](Oc2nccc3cc(OC)ccc23)CN1C(=O)[C@@H](NC(=O)OC(C)(C)C)c1ccccc1)C(=O)NS(=O)(=O)C1CC1. The van der Waals surface area contributed by atoms with Crippen molar-refractivity contribution in [2.75, 3.05) is 13.7 Å². The molecule has 52 heavy (non-hydrogen) atoms. The molecule has 6 rings (SSSR count). The zero-order valence-corrected chi connectivity index (χ0v) is 30.3. The summed E-state index contributed by atoms with van der Waals surface area (Å²) in [5.74, 6) is -1.78. The van der Waals surface area contributed by atoms with Gasteiger partial charge in [0.15, 0.2) is 0 Å². The molecule has 0 radical (unpaired) electrons. The number of fused-ring (bicyclic) bond motifs is 1. The molecule has 0 spiro atoms. The predicted octanol–water partition coefficient (Wildman–Crippen LogP) is 3.53. The number of aromatic nitrogens is 1. The maximum atomic E-state index is 14.6. The standard InChI is InChI=1S/C37H43N5O9S/c1-6-24-20-37(24,34(45)41-52(47,48)27-13-14-27)40-31(43)29-19-26(50-32-28-15-12-25(49-5)18-23(28)16-17-38-32)21-42(29)33(44)30(22-10-8-7-9-11-22)39-35(46)51-36(2,3)4/h6-12,15-18,24,26-27,29-30H,1,13-14,19-21H2,2-5H3,(H,39,46)(H,40,43)(H,41,45)/t24-,26+,29+,30-,37-/m0/s1. The summed E-state index contributed by atoms with van der Waals surface area (Å²) in [6.45, 7) is 8.78. The minimum absolute atomic E-state index is 0.00340. The predicted molar refractivity (Wildman–Crippen MR) is 191 cm³/mol. The maximum Gasteiger partial charge on any atom is 0.408 e. The van der Waals surface area contributed by atoms with Crippen LogP contribution in [0.25, 0.3) is 10.8 Å². The van der Waals surface area contributed by atoms with Gasteiger partial charge in [0.05, 0.1) is 18.9 Å². The molecule has 3 aliphatic rings. The van der Waals surface area contributed by atoms with Crippen LogP contribution in [0.3, 0.4) is 0 Å². The van der Waals surface area contributed by atoms with Crippen LogP contribution in [0, 0.1) is 5.92 Å². The van der Waals surface area contributed by atoms with Crippen LogP contribution >= 0.6 is 0 Å². The molecule has 0 bridgehead atoms. The smallest absolute Gasteiger partial charge is 0.408 e. The normalized spacial score (nSPS) is 23.2. The molecule has 4 amide bonds. The second kappa shape index (κ2) is 14.1. The summed E-state index contributed by atoms with van der Waals surface area (Å²) < 4.78 is 44.7. The van der Waals surface area contributed by atoms with E-state index in [-0.39, 0.29) is 25.3 Å². The van der Waals surface area contributed by atoms with E-state index in [1.165, 1.54) is 11.0 Å². The van der Waals surface area contributed by atoms with E-state index in [1.54, 1.807) is 82.6 Å². The molecule has 1 aliphatic heterocycles. The van der Waals surface area contributed by atoms with Crippen LogP contribution in [0.15, 0.2) is 73.4 Å². The molecule has 14 nitrogen and oxygen atoms in total. The zero-order valence-electron chi connectivity index (χ0n) is 29.5. The number of ether oxygens (including phenoxy) is 3. The number of benzene rings is 2. The monoisotopic (exact) mass is 733 g/mol. The minimum atomic E-state index is -3.91. The van der Waals surface area contributed by atoms with Crippen LogP contribution in [0.5, 0.6) is 11.6 Å². The fourth-order valence-corrected chi connectivity index (χ4v) is 7.79. The Morgan fingerprint density at radius 3 is 2.44 bits per heavy atom. The van der Waals surface area contributed by atoms with Crippen molar-refractivity contribution in [1.82, 2.24) is 25.2 Å². The first-order valence-electron chi connectivity index (χ1n) is 17.1. The van der Waals surface area contributed by atoms with Crippen LogP contribution in [0.1, 0.15) is 58.1 Å². The van der Waals surface area contributed by atoms with E-state index in [4.69, 9.17) is 14.2 Å². The first-order chi connectivity index (χ1) is 24.6. The van der Waals surface area contributed by atoms with E-state index in [9.17, 15) is 27.6 Å². The Kier molecular flexibility index (Phi) is 9.92. The summed E-state index contributed by atoms with van der Waals surface area (Å²) in [5, 5.41) is 6.28. The van der Waals surface area contributed by atoms with Gasteiger partial charge in [0, 0.05) is 23.9 Å². The first kappa shape index (κ1) is 36.6. The molecule has 3 fully saturated rings. The van der Waals surface area contributed by atoms with Gasteiger partial charge < -0.3 is 29.7 Å². The number of sulfonamides is 1. The number of likely N-dealkylation sites (tertiary alicyclic amines) is 1. The molecular weight excluding hydrogens is 691 g/mol. The minimum Gasteiger partial charge on any atom is -0.497 e. The summed E-state index contributed by atoms with van der Waals surface area (Å²) in [4.78, 5) is 61.1. The van der Waals surface area contributed by atoms with Crippen LogP contribution in [0.4, 0.5) is 4.79 Å². The van der Waals surface area contributed by atoms with E-state index in [0.29, 0.717) is 29.5 Å². The summed E-state index contributed by atoms with van der Waals surface area (Å²) in [6.07, 6.45) is 2.52. The van der Waals surface area contributed by atoms with Gasteiger partial charge in [-0.25, -0.2) is 18.2 Å². The Balaban J connectivity index is 1.31. The second-order valence-electron chi connectivity index (χ2n) is 14.4. The van der Waals surface area contributed by atoms with E-state index in [0.717, 1.165) is 5.39 Å². The third-order valence-electron chi connectivity index (χ3n) is 9.35. The van der Waals surface area contributed by atoms with Crippen molar-refractivity contribution in [3.05, 3.63) is 79.0 Å². The molecule has 5 atom stereocenters. The van der Waals surface area contributed by atoms with Crippen molar-refractivity contribution < 1.29 is 41.8 Å². The van der Waals surface area contributed by atoms with Crippen molar-refractivity contribution in [3.8, 4) is 11.6 Å². The number of alkyl carbamates (subject to hydrolysis) is 1. The first-order valence-corrected chi connectivity index (χ1v) is 18.6. The zero-order chi connectivity index (χ0) is 37.4. The maximum absolute atomic E-state index is 14.6. The Hall–Kier alpha value is -5.18. The molecule has 2 saturated carbocycles. The van der Waals surface area contributed by atoms with E-state index in [1.807, 2.05) is 6.07 Å². The highest BCUT2D eigenvalue weighted by atomic mass is 32.2. The molecule has 1 saturated heterocycles. The highest BCUT2D eigenvalue weighted by molar-refractivity contribution is 7.91. The average molecular weight is 734 g/mol. The lowest BCUT2D eigenvalue weighted by Gasteiger charge is -2.30. The van der Waals surface area contributed by atoms with Crippen molar-refractivity contribution in [3.63, 3.8) is 0 Å². The summed E-state index contributed by atoms with van der Waals surface area (Å²) in [7, 11) is -2.35. The van der Waals surface area contributed by atoms with Crippen LogP contribution in [-0.4, -0.2) is 84.3 Å². The molecule has 2 aliphatic carbocycles. The van der Waals surface area contributed by atoms with Gasteiger partial charge in [-0.05, 0) is 75.2 Å². The molecule has 15 heteroatoms. The van der Waals surface area contributed by atoms with Gasteiger partial charge >= 0.3 is 6.09 Å². The molecule has 2 heterocycles. The van der Waals surface area contributed by atoms with Crippen molar-refractivity contribution in [2.24, 2.45) is 5.92 Å². The van der Waals surface area contributed by atoms with Gasteiger partial charge in [0.1, 0.15) is 35.1 Å². The van der Waals surface area contributed by atoms with Crippen LogP contribution < -0.4 is 24.8 Å². The molecule has 1 aromatic heterocycles. The molecule has 3 N–H and O–H groups in total. The topological polar surface area (TPSA) is 182 Å². The molecule has 2 aromatic carbocycles. The van der Waals surface area contributed by atoms with Crippen LogP contribution in [0.2, 0.25) is 0 Å². The summed E-state index contributed by atoms with van der Waals surface area (Å²) in [6, 6.07) is 13.3. The van der Waals surface area contributed by atoms with Crippen LogP contribution in [-0.2, 0) is 29.1 Å². The second-order valence-corrected chi connectivity index (χ2v) is 16.3. The number of pyridine rings is 1. The summed E-state index contributed by atoms with van der Waals surface area (Å²) in [5.41, 5.74) is -1.98. The lowest BCUT2D eigenvalue weighted by atomic mass is 10.0. The quantitative estimate of drug-likeness (QED) is 0.233. The third-order valence-corrected chi connectivity index (χ3v) is 11.2. The van der Waals surface area contributed by atoms with Gasteiger partial charge in [0.25, 0.3) is 11.8 Å². The number of nitrogens with zero attached hydrogens (tertiary/aromatic N) is 2. The summed E-state index contributed by atoms with van der Waals surface area (Å²) >= 11 is 0. The average Bonchev–Trinajstić information content (AvgIpc) is 4.03. The van der Waals surface area contributed by atoms with Crippen molar-refractivity contribution in [2.45, 2.75) is 81.0 Å². The number of hydrogen-bond acceptors (Lipinski definition) is 10. The van der Waals surface area contributed by atoms with Gasteiger partial charge in [-0.1, -0.05) is 36.4 Å². The lowest BCUT2D eigenvalue weighted by molar-refractivity contribution is -0.141. The van der Waals surface area contributed by atoms with E-state index in [2.05, 4.69) is 26.9 Å². The van der Waals surface area contributed by atoms with Gasteiger partial charge in [-0.2, -0.15) is 0 Å². The molecule has 276 valence electrons. The van der Waals surface area contributed by atoms with Gasteiger partial charge in [-0.3, -0.25) is 19.1 Å². The molecular formula is C37H43N5O9S. The Bertz CT molecular complexity index is 2000. The van der Waals surface area contributed by atoms with Gasteiger partial charge in [-0.15, -0.1) is 6.58 Å². The highest BCUT2D eigenvalue weighted by Crippen LogP contribution is 2.45. The number of rotatable bonds is 12. The number of amides is 4. The molecule has 3 aromatic rings. The van der Waals surface area contributed by atoms with E-state index >= 15 is 0 Å². The highest BCUT2D eigenvalue weighted by Gasteiger charge is 2.62. The number of carbonyl (C=O) groups excluding carboxylic acids is 4. The fourth-order valence-electron chi connectivity index (χ4n) is 6.43. The molecule has 0 unspecified atom stereocenters. The Morgan fingerprint density at radius 2 is 1.81 bits per heavy atom. The van der Waals surface area contributed by atoms with Crippen molar-refractivity contribution >= 4 is 44.6 Å². The van der Waals surface area contributed by atoms with Crippen molar-refractivity contribution in [1.29, 1.82) is 0 Å². The lowest BCUT2D eigenvalue weighted by Crippen LogP contribution is -2.57. The number of hydrogen-bond donors (Lipinski definition) is 3. The largest absolute Gasteiger partial charge is 0.497 e. The Morgan fingerprint density at radius 1 is 1.08 bits per heavy atom. The number of nitrogens with one attached hydrogen (secondary N) is 3. The van der Waals surface area contributed by atoms with Gasteiger partial charge in [0.2, 0.25) is 21.8 Å². The number of methoxy groups -OCH3 is 1.